The van der Waals surface area contributed by atoms with Crippen LogP contribution in [0.25, 0.3) is 0 Å². The fourth-order valence-electron chi connectivity index (χ4n) is 3.05. The first-order valence-electron chi connectivity index (χ1n) is 6.75. The minimum atomic E-state index is -1.68. The fourth-order valence-corrected chi connectivity index (χ4v) is 3.05. The minimum Gasteiger partial charge on any atom is -0.383 e. The number of benzene rings is 1. The first-order chi connectivity index (χ1) is 10.4. The molecule has 1 aliphatic rings. The van der Waals surface area contributed by atoms with Crippen molar-refractivity contribution < 1.29 is 19.7 Å². The summed E-state index contributed by atoms with van der Waals surface area (Å²) in [6.07, 6.45) is 1.04. The van der Waals surface area contributed by atoms with E-state index in [2.05, 4.69) is 4.98 Å². The van der Waals surface area contributed by atoms with E-state index in [0.717, 1.165) is 6.07 Å². The average molecular weight is 303 g/mol. The number of hydrogen-bond acceptors (Lipinski definition) is 5. The minimum absolute atomic E-state index is 0.102. The summed E-state index contributed by atoms with van der Waals surface area (Å²) in [7, 11) is 0. The van der Waals surface area contributed by atoms with Gasteiger partial charge in [0.25, 0.3) is 0 Å². The Morgan fingerprint density at radius 2 is 2.27 bits per heavy atom. The summed E-state index contributed by atoms with van der Waals surface area (Å²) in [5, 5.41) is 37.8. The maximum absolute atomic E-state index is 14.2. The number of imidazole rings is 1. The van der Waals surface area contributed by atoms with Gasteiger partial charge in [-0.2, -0.15) is 5.26 Å². The molecule has 114 valence electrons. The first kappa shape index (κ1) is 14.7. The predicted molar refractivity (Wildman–Crippen MR) is 72.8 cm³/mol. The quantitative estimate of drug-likeness (QED) is 0.727. The largest absolute Gasteiger partial charge is 0.383 e. The molecule has 2 aromatic rings. The van der Waals surface area contributed by atoms with E-state index in [0.29, 0.717) is 11.3 Å². The van der Waals surface area contributed by atoms with E-state index >= 15 is 0 Å². The first-order valence-corrected chi connectivity index (χ1v) is 6.75. The molecule has 2 atom stereocenters. The van der Waals surface area contributed by atoms with Gasteiger partial charge in [0.15, 0.2) is 6.29 Å². The number of nitrogens with zero attached hydrogens (tertiary/aromatic N) is 3. The molecule has 0 amide bonds. The third-order valence-corrected chi connectivity index (χ3v) is 4.02. The zero-order valence-electron chi connectivity index (χ0n) is 11.5. The normalized spacial score (nSPS) is 23.5. The maximum atomic E-state index is 14.2. The van der Waals surface area contributed by atoms with Crippen LogP contribution in [0.3, 0.4) is 0 Å². The molecule has 0 aliphatic carbocycles. The summed E-state index contributed by atoms with van der Waals surface area (Å²) in [4.78, 5) is 3.95. The van der Waals surface area contributed by atoms with Crippen LogP contribution in [0.5, 0.6) is 0 Å². The van der Waals surface area contributed by atoms with Crippen molar-refractivity contribution in [2.75, 3.05) is 0 Å². The lowest BCUT2D eigenvalue weighted by Gasteiger charge is -2.23. The van der Waals surface area contributed by atoms with Crippen molar-refractivity contribution in [3.8, 4) is 6.07 Å². The van der Waals surface area contributed by atoms with E-state index in [9.17, 15) is 19.7 Å². The van der Waals surface area contributed by atoms with Gasteiger partial charge >= 0.3 is 0 Å². The number of aromatic nitrogens is 2. The monoisotopic (exact) mass is 303 g/mol. The van der Waals surface area contributed by atoms with Gasteiger partial charge < -0.3 is 19.9 Å². The van der Waals surface area contributed by atoms with Crippen LogP contribution in [0.2, 0.25) is 0 Å². The van der Waals surface area contributed by atoms with E-state index in [1.807, 2.05) is 6.07 Å². The SMILES string of the molecule is N#Cc1ccc([C@H]2C[C@](O)(CC(O)O)c3cncn32)c(F)c1. The molecule has 0 radical (unpaired) electrons. The van der Waals surface area contributed by atoms with Gasteiger partial charge in [-0.25, -0.2) is 9.37 Å². The van der Waals surface area contributed by atoms with Crippen LogP contribution >= 0.6 is 0 Å². The molecule has 3 rings (SSSR count). The summed E-state index contributed by atoms with van der Waals surface area (Å²) in [5.74, 6) is -0.544. The van der Waals surface area contributed by atoms with E-state index in [-0.39, 0.29) is 18.4 Å². The molecule has 1 aliphatic heterocycles. The molecule has 1 aromatic heterocycles. The Kier molecular flexibility index (Phi) is 3.45. The van der Waals surface area contributed by atoms with Crippen LogP contribution in [0.4, 0.5) is 4.39 Å². The van der Waals surface area contributed by atoms with Gasteiger partial charge in [0.05, 0.1) is 35.9 Å². The lowest BCUT2D eigenvalue weighted by atomic mass is 9.90. The lowest BCUT2D eigenvalue weighted by molar-refractivity contribution is -0.106. The predicted octanol–water partition coefficient (Wildman–Crippen LogP) is 0.775. The molecule has 3 N–H and O–H groups in total. The Morgan fingerprint density at radius 3 is 2.91 bits per heavy atom. The molecule has 2 heterocycles. The highest BCUT2D eigenvalue weighted by atomic mass is 19.1. The average Bonchev–Trinajstić information content (AvgIpc) is 3.02. The highest BCUT2D eigenvalue weighted by molar-refractivity contribution is 5.36. The summed E-state index contributed by atoms with van der Waals surface area (Å²) >= 11 is 0. The van der Waals surface area contributed by atoms with E-state index < -0.39 is 23.8 Å². The number of hydrogen-bond donors (Lipinski definition) is 3. The number of halogens is 1. The molecule has 0 saturated heterocycles. The third kappa shape index (κ3) is 2.27. The maximum Gasteiger partial charge on any atom is 0.154 e. The molecule has 22 heavy (non-hydrogen) atoms. The van der Waals surface area contributed by atoms with Gasteiger partial charge in [0, 0.05) is 18.4 Å². The Labute approximate surface area is 125 Å². The zero-order valence-corrected chi connectivity index (χ0v) is 11.5. The Balaban J connectivity index is 2.03. The molecule has 0 spiro atoms. The van der Waals surface area contributed by atoms with Crippen LogP contribution < -0.4 is 0 Å². The molecule has 0 unspecified atom stereocenters. The number of rotatable bonds is 3. The second-order valence-corrected chi connectivity index (χ2v) is 5.47. The van der Waals surface area contributed by atoms with Crippen LogP contribution in [-0.4, -0.2) is 31.2 Å². The lowest BCUT2D eigenvalue weighted by Crippen LogP contribution is -2.28. The second kappa shape index (κ2) is 5.18. The van der Waals surface area contributed by atoms with Gasteiger partial charge in [-0.1, -0.05) is 6.07 Å². The van der Waals surface area contributed by atoms with E-state index in [4.69, 9.17) is 5.26 Å². The summed E-state index contributed by atoms with van der Waals surface area (Å²) in [6.45, 7) is 0. The van der Waals surface area contributed by atoms with Crippen LogP contribution in [-0.2, 0) is 5.60 Å². The van der Waals surface area contributed by atoms with Crippen molar-refractivity contribution in [1.82, 2.24) is 9.55 Å². The van der Waals surface area contributed by atoms with Crippen LogP contribution in [0, 0.1) is 17.1 Å². The van der Waals surface area contributed by atoms with Crippen molar-refractivity contribution in [2.24, 2.45) is 0 Å². The number of fused-ring (bicyclic) bond motifs is 1. The van der Waals surface area contributed by atoms with E-state index in [1.54, 1.807) is 4.57 Å². The van der Waals surface area contributed by atoms with Crippen LogP contribution in [0.15, 0.2) is 30.7 Å². The van der Waals surface area contributed by atoms with Crippen LogP contribution in [0.1, 0.15) is 35.7 Å². The van der Waals surface area contributed by atoms with Gasteiger partial charge in [-0.05, 0) is 12.1 Å². The summed E-state index contributed by atoms with van der Waals surface area (Å²) < 4.78 is 15.9. The molecular formula is C15H14FN3O3. The zero-order chi connectivity index (χ0) is 15.9. The highest BCUT2D eigenvalue weighted by Crippen LogP contribution is 2.45. The van der Waals surface area contributed by atoms with Crippen molar-refractivity contribution in [3.05, 3.63) is 53.4 Å². The Hall–Kier alpha value is -2.27. The third-order valence-electron chi connectivity index (χ3n) is 4.02. The van der Waals surface area contributed by atoms with Gasteiger partial charge in [-0.3, -0.25) is 0 Å². The molecular weight excluding hydrogens is 289 g/mol. The molecule has 0 fully saturated rings. The molecule has 0 bridgehead atoms. The molecule has 6 nitrogen and oxygen atoms in total. The van der Waals surface area contributed by atoms with Crippen molar-refractivity contribution in [3.63, 3.8) is 0 Å². The molecule has 7 heteroatoms. The van der Waals surface area contributed by atoms with E-state index in [1.165, 1.54) is 24.7 Å². The van der Waals surface area contributed by atoms with Crippen molar-refractivity contribution in [2.45, 2.75) is 30.8 Å². The van der Waals surface area contributed by atoms with Gasteiger partial charge in [-0.15, -0.1) is 0 Å². The highest BCUT2D eigenvalue weighted by Gasteiger charge is 2.45. The molecule has 1 aromatic carbocycles. The summed E-state index contributed by atoms with van der Waals surface area (Å²) in [6, 6.07) is 5.50. The topological polar surface area (TPSA) is 102 Å². The smallest absolute Gasteiger partial charge is 0.154 e. The Morgan fingerprint density at radius 1 is 1.50 bits per heavy atom. The number of nitriles is 1. The van der Waals surface area contributed by atoms with Gasteiger partial charge in [0.2, 0.25) is 0 Å². The number of aliphatic hydroxyl groups excluding tert-OH is 1. The summed E-state index contributed by atoms with van der Waals surface area (Å²) in [5.41, 5.74) is -0.544. The van der Waals surface area contributed by atoms with Crippen molar-refractivity contribution in [1.29, 1.82) is 5.26 Å². The van der Waals surface area contributed by atoms with Gasteiger partial charge in [0.1, 0.15) is 11.4 Å². The fraction of sp³-hybridized carbons (Fsp3) is 0.333. The second-order valence-electron chi connectivity index (χ2n) is 5.47. The standard InChI is InChI=1S/C15H14FN3O3/c16-11-3-9(6-17)1-2-10(11)12-4-15(22,5-14(20)21)13-7-18-8-19(12)13/h1-3,7-8,12,14,20-22H,4-5H2/t12-,15+/m1/s1. The van der Waals surface area contributed by atoms with Crippen molar-refractivity contribution >= 4 is 0 Å². The molecule has 0 saturated carbocycles. The number of aliphatic hydroxyl groups is 3. The Bertz CT molecular complexity index is 753.